The fraction of sp³-hybridized carbons (Fsp3) is 0.345. The Kier molecular flexibility index (Phi) is 8.99. The van der Waals surface area contributed by atoms with Crippen LogP contribution in [0, 0.1) is 13.8 Å². The lowest BCUT2D eigenvalue weighted by Crippen LogP contribution is -2.39. The van der Waals surface area contributed by atoms with E-state index in [1.165, 1.54) is 27.8 Å². The topological polar surface area (TPSA) is 79.2 Å². The highest BCUT2D eigenvalue weighted by Gasteiger charge is 2.23. The van der Waals surface area contributed by atoms with Crippen LogP contribution in [-0.2, 0) is 17.8 Å². The van der Waals surface area contributed by atoms with Gasteiger partial charge in [0.2, 0.25) is 5.91 Å². The van der Waals surface area contributed by atoms with Crippen molar-refractivity contribution in [1.29, 1.82) is 0 Å². The Morgan fingerprint density at radius 2 is 1.85 bits per heavy atom. The predicted molar refractivity (Wildman–Crippen MR) is 142 cm³/mol. The molecule has 0 fully saturated rings. The highest BCUT2D eigenvalue weighted by Crippen LogP contribution is 2.28. The summed E-state index contributed by atoms with van der Waals surface area (Å²) in [5.41, 5.74) is 13.9. The van der Waals surface area contributed by atoms with Gasteiger partial charge in [-0.1, -0.05) is 62.0 Å². The van der Waals surface area contributed by atoms with Crippen LogP contribution in [0.1, 0.15) is 59.3 Å². The average molecular weight is 459 g/mol. The third-order valence-electron chi connectivity index (χ3n) is 6.53. The van der Waals surface area contributed by atoms with Crippen LogP contribution in [0.2, 0.25) is 0 Å². The van der Waals surface area contributed by atoms with Gasteiger partial charge in [-0.05, 0) is 78.7 Å². The molecule has 0 radical (unpaired) electrons. The molecule has 5 heteroatoms. The molecule has 0 spiro atoms. The largest absolute Gasteiger partial charge is 0.330 e. The highest BCUT2D eigenvalue weighted by molar-refractivity contribution is 5.96. The van der Waals surface area contributed by atoms with Crippen molar-refractivity contribution >= 4 is 11.6 Å². The van der Waals surface area contributed by atoms with Crippen molar-refractivity contribution < 1.29 is 4.79 Å². The maximum Gasteiger partial charge on any atom is 0.231 e. The zero-order chi connectivity index (χ0) is 23.2. The average Bonchev–Trinajstić information content (AvgIpc) is 2.83. The van der Waals surface area contributed by atoms with Crippen molar-refractivity contribution in [3.05, 3.63) is 100 Å². The van der Waals surface area contributed by atoms with Gasteiger partial charge in [-0.2, -0.15) is 0 Å². The summed E-state index contributed by atoms with van der Waals surface area (Å²) in [5, 5.41) is 10.3. The number of benzene rings is 3. The second-order valence-corrected chi connectivity index (χ2v) is 8.88. The summed E-state index contributed by atoms with van der Waals surface area (Å²) in [7, 11) is 0. The normalized spacial score (nSPS) is 15.7. The standard InChI is InChI=1S/C28H34N4O.CH4/c1-19-8-9-23(16-20(19)2)25(12-14-29)28(33)32-24-11-10-22-13-15-30-27(26(22)17-24)31-18-21-6-4-3-5-7-21;/h3-11,16-17,25,27,30-31H,12-15,18,29H2,1-2H3,(H,32,33);1H4. The Morgan fingerprint density at radius 1 is 1.06 bits per heavy atom. The van der Waals surface area contributed by atoms with Crippen molar-refractivity contribution in [2.45, 2.75) is 52.7 Å². The molecule has 0 aromatic heterocycles. The van der Waals surface area contributed by atoms with Gasteiger partial charge in [0.25, 0.3) is 0 Å². The minimum atomic E-state index is -0.268. The lowest BCUT2D eigenvalue weighted by molar-refractivity contribution is -0.117. The van der Waals surface area contributed by atoms with Gasteiger partial charge in [0.1, 0.15) is 0 Å². The third-order valence-corrected chi connectivity index (χ3v) is 6.53. The van der Waals surface area contributed by atoms with Crippen molar-refractivity contribution in [1.82, 2.24) is 10.6 Å². The molecule has 1 heterocycles. The zero-order valence-electron chi connectivity index (χ0n) is 19.5. The quantitative estimate of drug-likeness (QED) is 0.385. The molecule has 34 heavy (non-hydrogen) atoms. The SMILES string of the molecule is C.Cc1ccc(C(CCN)C(=O)Nc2ccc3c(c2)C(NCc2ccccc2)NCC3)cc1C. The minimum absolute atomic E-state index is 0. The van der Waals surface area contributed by atoms with Gasteiger partial charge in [-0.25, -0.2) is 0 Å². The maximum atomic E-state index is 13.3. The molecule has 5 N–H and O–H groups in total. The van der Waals surface area contributed by atoms with E-state index < -0.39 is 0 Å². The summed E-state index contributed by atoms with van der Waals surface area (Å²) in [6, 6.07) is 22.9. The van der Waals surface area contributed by atoms with Gasteiger partial charge in [0.15, 0.2) is 0 Å². The summed E-state index contributed by atoms with van der Waals surface area (Å²) in [5.74, 6) is -0.281. The Morgan fingerprint density at radius 3 is 2.59 bits per heavy atom. The van der Waals surface area contributed by atoms with E-state index in [2.05, 4.69) is 78.3 Å². The molecule has 1 amide bonds. The van der Waals surface area contributed by atoms with Crippen LogP contribution in [0.25, 0.3) is 0 Å². The summed E-state index contributed by atoms with van der Waals surface area (Å²) in [6.07, 6.45) is 1.64. The lowest BCUT2D eigenvalue weighted by Gasteiger charge is -2.29. The van der Waals surface area contributed by atoms with Gasteiger partial charge in [-0.3, -0.25) is 15.4 Å². The first kappa shape index (κ1) is 25.6. The first-order valence-electron chi connectivity index (χ1n) is 11.8. The van der Waals surface area contributed by atoms with E-state index in [1.807, 2.05) is 18.2 Å². The van der Waals surface area contributed by atoms with Crippen LogP contribution >= 0.6 is 0 Å². The van der Waals surface area contributed by atoms with Crippen LogP contribution < -0.4 is 21.7 Å². The summed E-state index contributed by atoms with van der Waals surface area (Å²) in [4.78, 5) is 13.3. The van der Waals surface area contributed by atoms with E-state index in [4.69, 9.17) is 5.73 Å². The molecule has 1 aliphatic rings. The number of hydrogen-bond acceptors (Lipinski definition) is 4. The van der Waals surface area contributed by atoms with E-state index in [-0.39, 0.29) is 25.4 Å². The molecule has 0 saturated heterocycles. The third kappa shape index (κ3) is 6.11. The molecule has 0 aliphatic carbocycles. The molecular weight excluding hydrogens is 420 g/mol. The zero-order valence-corrected chi connectivity index (χ0v) is 19.5. The van der Waals surface area contributed by atoms with Crippen molar-refractivity contribution in [3.8, 4) is 0 Å². The van der Waals surface area contributed by atoms with Gasteiger partial charge >= 0.3 is 0 Å². The molecule has 0 bridgehead atoms. The first-order valence-corrected chi connectivity index (χ1v) is 11.8. The number of rotatable bonds is 8. The number of nitrogens with two attached hydrogens (primary N) is 1. The van der Waals surface area contributed by atoms with E-state index in [0.29, 0.717) is 13.0 Å². The second-order valence-electron chi connectivity index (χ2n) is 8.88. The van der Waals surface area contributed by atoms with Crippen LogP contribution in [0.5, 0.6) is 0 Å². The number of nitrogens with one attached hydrogen (secondary N) is 3. The molecule has 1 aliphatic heterocycles. The summed E-state index contributed by atoms with van der Waals surface area (Å²) in [6.45, 7) is 6.33. The van der Waals surface area contributed by atoms with Crippen molar-refractivity contribution in [2.75, 3.05) is 18.4 Å². The fourth-order valence-corrected chi connectivity index (χ4v) is 4.45. The van der Waals surface area contributed by atoms with Gasteiger partial charge in [0.05, 0.1) is 12.1 Å². The number of carbonyl (C=O) groups excluding carboxylic acids is 1. The highest BCUT2D eigenvalue weighted by atomic mass is 16.1. The number of carbonyl (C=O) groups is 1. The molecule has 180 valence electrons. The van der Waals surface area contributed by atoms with Crippen LogP contribution in [0.3, 0.4) is 0 Å². The van der Waals surface area contributed by atoms with E-state index in [1.54, 1.807) is 0 Å². The molecule has 5 nitrogen and oxygen atoms in total. The van der Waals surface area contributed by atoms with E-state index in [9.17, 15) is 4.79 Å². The Bertz CT molecular complexity index is 1100. The molecule has 0 saturated carbocycles. The smallest absolute Gasteiger partial charge is 0.231 e. The number of aryl methyl sites for hydroxylation is 2. The molecule has 3 aromatic rings. The molecule has 4 rings (SSSR count). The molecule has 2 unspecified atom stereocenters. The van der Waals surface area contributed by atoms with Gasteiger partial charge in [-0.15, -0.1) is 0 Å². The number of amides is 1. The number of anilines is 1. The maximum absolute atomic E-state index is 13.3. The van der Waals surface area contributed by atoms with Crippen molar-refractivity contribution in [3.63, 3.8) is 0 Å². The Hall–Kier alpha value is -2.99. The molecule has 2 atom stereocenters. The predicted octanol–water partition coefficient (Wildman–Crippen LogP) is 4.94. The monoisotopic (exact) mass is 458 g/mol. The van der Waals surface area contributed by atoms with Crippen LogP contribution in [-0.4, -0.2) is 19.0 Å². The number of hydrogen-bond donors (Lipinski definition) is 4. The Balaban J connectivity index is 0.00000324. The van der Waals surface area contributed by atoms with Crippen molar-refractivity contribution in [2.24, 2.45) is 5.73 Å². The Labute approximate surface area is 204 Å². The molecular formula is C29H38N4O. The lowest BCUT2D eigenvalue weighted by atomic mass is 9.92. The minimum Gasteiger partial charge on any atom is -0.330 e. The van der Waals surface area contributed by atoms with E-state index in [0.717, 1.165) is 30.8 Å². The van der Waals surface area contributed by atoms with Crippen LogP contribution in [0.4, 0.5) is 5.69 Å². The van der Waals surface area contributed by atoms with Gasteiger partial charge < -0.3 is 11.1 Å². The van der Waals surface area contributed by atoms with Crippen LogP contribution in [0.15, 0.2) is 66.7 Å². The first-order chi connectivity index (χ1) is 16.0. The number of fused-ring (bicyclic) bond motifs is 1. The van der Waals surface area contributed by atoms with Gasteiger partial charge in [0, 0.05) is 18.8 Å². The summed E-state index contributed by atoms with van der Waals surface area (Å²) < 4.78 is 0. The summed E-state index contributed by atoms with van der Waals surface area (Å²) >= 11 is 0. The fourth-order valence-electron chi connectivity index (χ4n) is 4.45. The second kappa shape index (κ2) is 11.9. The molecule has 3 aromatic carbocycles. The van der Waals surface area contributed by atoms with E-state index >= 15 is 0 Å².